The van der Waals surface area contributed by atoms with E-state index in [0.717, 1.165) is 6.54 Å². The van der Waals surface area contributed by atoms with E-state index in [1.807, 2.05) is 0 Å². The van der Waals surface area contributed by atoms with Gasteiger partial charge in [0, 0.05) is 0 Å². The maximum absolute atomic E-state index is 4.65. The van der Waals surface area contributed by atoms with Crippen molar-refractivity contribution < 1.29 is 0 Å². The molecule has 0 aromatic rings. The van der Waals surface area contributed by atoms with Crippen molar-refractivity contribution >= 4 is 58.8 Å². The summed E-state index contributed by atoms with van der Waals surface area (Å²) in [6.45, 7) is 3.22. The number of fused-ring (bicyclic) bond motifs is 1. The minimum absolute atomic E-state index is 0.513. The number of amidine groups is 1. The number of allylic oxidation sites excluding steroid dienone is 2. The number of nitrogens with zero attached hydrogens (tertiary/aromatic N) is 3. The standard InChI is InChI=1S/C7H6N3Se4/c1-2-10-6-4(11-13-8-6)3-5-7(10)9-14-12-5/h3H,2H2,1H3. The fraction of sp³-hybridized carbons (Fsp3) is 0.286. The van der Waals surface area contributed by atoms with Crippen LogP contribution in [0.15, 0.2) is 24.8 Å². The van der Waals surface area contributed by atoms with Gasteiger partial charge in [-0.05, 0) is 0 Å². The molecule has 3 heterocycles. The van der Waals surface area contributed by atoms with Gasteiger partial charge in [-0.15, -0.1) is 0 Å². The second-order valence-electron chi connectivity index (χ2n) is 2.76. The first-order valence-corrected chi connectivity index (χ1v) is 16.0. The first-order chi connectivity index (χ1) is 6.90. The summed E-state index contributed by atoms with van der Waals surface area (Å²) >= 11 is 2.33. The molecule has 0 spiro atoms. The Balaban J connectivity index is 2.07. The van der Waals surface area contributed by atoms with Gasteiger partial charge in [-0.3, -0.25) is 0 Å². The van der Waals surface area contributed by atoms with Crippen LogP contribution in [-0.4, -0.2) is 70.2 Å². The quantitative estimate of drug-likeness (QED) is 0.468. The van der Waals surface area contributed by atoms with Crippen molar-refractivity contribution in [2.75, 3.05) is 6.54 Å². The van der Waals surface area contributed by atoms with Crippen LogP contribution in [0.1, 0.15) is 6.92 Å². The zero-order valence-corrected chi connectivity index (χ0v) is 14.1. The molecular formula is C7H6N3Se4. The Morgan fingerprint density at radius 3 is 3.14 bits per heavy atom. The van der Waals surface area contributed by atoms with E-state index in [4.69, 9.17) is 0 Å². The zero-order chi connectivity index (χ0) is 9.54. The van der Waals surface area contributed by atoms with Gasteiger partial charge in [0.2, 0.25) is 0 Å². The van der Waals surface area contributed by atoms with Gasteiger partial charge in [0.15, 0.2) is 0 Å². The minimum atomic E-state index is 0.513. The molecule has 0 saturated heterocycles. The molecule has 3 aliphatic heterocycles. The summed E-state index contributed by atoms with van der Waals surface area (Å²) in [4.78, 5) is 2.33. The molecule has 0 aromatic heterocycles. The Kier molecular flexibility index (Phi) is 2.87. The van der Waals surface area contributed by atoms with Crippen molar-refractivity contribution in [1.82, 2.24) is 9.23 Å². The molecule has 0 bridgehead atoms. The Hall–Kier alpha value is 0.828. The van der Waals surface area contributed by atoms with Gasteiger partial charge in [-0.25, -0.2) is 0 Å². The molecule has 0 unspecified atom stereocenters. The van der Waals surface area contributed by atoms with Crippen LogP contribution in [0.2, 0.25) is 0 Å². The van der Waals surface area contributed by atoms with Crippen LogP contribution >= 0.6 is 0 Å². The van der Waals surface area contributed by atoms with Gasteiger partial charge in [0.1, 0.15) is 0 Å². The molecule has 73 valence electrons. The van der Waals surface area contributed by atoms with Crippen molar-refractivity contribution in [3.63, 3.8) is 0 Å². The predicted molar refractivity (Wildman–Crippen MR) is 60.1 cm³/mol. The summed E-state index contributed by atoms with van der Waals surface area (Å²) in [6.07, 6.45) is 2.40. The third-order valence-corrected chi connectivity index (χ3v) is 12.6. The van der Waals surface area contributed by atoms with Crippen LogP contribution in [0.25, 0.3) is 0 Å². The summed E-state index contributed by atoms with van der Waals surface area (Å²) in [7, 11) is 0. The summed E-state index contributed by atoms with van der Waals surface area (Å²) in [6, 6.07) is 0. The van der Waals surface area contributed by atoms with Crippen molar-refractivity contribution in [2.45, 2.75) is 6.92 Å². The Bertz CT molecular complexity index is 373. The number of likely N-dealkylation sites (N-methyl/N-ethyl adjacent to an activating group) is 1. The molecule has 7 heteroatoms. The Morgan fingerprint density at radius 2 is 2.29 bits per heavy atom. The third-order valence-electron chi connectivity index (χ3n) is 2.03. The van der Waals surface area contributed by atoms with E-state index in [-0.39, 0.29) is 0 Å². The van der Waals surface area contributed by atoms with Crippen molar-refractivity contribution in [2.24, 2.45) is 4.01 Å². The summed E-state index contributed by atoms with van der Waals surface area (Å²) in [5.74, 6) is 2.51. The van der Waals surface area contributed by atoms with Crippen molar-refractivity contribution in [1.29, 1.82) is 0 Å². The van der Waals surface area contributed by atoms with Gasteiger partial charge >= 0.3 is 106 Å². The fourth-order valence-electron chi connectivity index (χ4n) is 1.41. The topological polar surface area (TPSA) is 29.7 Å². The number of hydrogen-bond acceptors (Lipinski definition) is 2. The molecule has 0 aliphatic carbocycles. The molecule has 0 fully saturated rings. The van der Waals surface area contributed by atoms with Crippen LogP contribution in [-0.2, 0) is 0 Å². The molecule has 3 aliphatic rings. The second-order valence-corrected chi connectivity index (χ2v) is 13.6. The number of hydrogen-bond donors (Lipinski definition) is 0. The van der Waals surface area contributed by atoms with E-state index in [0.29, 0.717) is 53.0 Å². The van der Waals surface area contributed by atoms with Gasteiger partial charge in [0.25, 0.3) is 0 Å². The summed E-state index contributed by atoms with van der Waals surface area (Å²) in [5, 5.41) is 0. The van der Waals surface area contributed by atoms with Gasteiger partial charge < -0.3 is 0 Å². The average molecular weight is 448 g/mol. The number of rotatable bonds is 1. The molecule has 14 heavy (non-hydrogen) atoms. The molecule has 0 aromatic carbocycles. The van der Waals surface area contributed by atoms with E-state index in [9.17, 15) is 0 Å². The monoisotopic (exact) mass is 452 g/mol. The fourth-order valence-corrected chi connectivity index (χ4v) is 12.4. The molecule has 3 nitrogen and oxygen atoms in total. The molecule has 0 amide bonds. The molecule has 0 N–H and O–H groups in total. The van der Waals surface area contributed by atoms with Crippen LogP contribution < -0.4 is 4.33 Å². The molecule has 0 atom stereocenters. The third kappa shape index (κ3) is 1.48. The van der Waals surface area contributed by atoms with E-state index < -0.39 is 0 Å². The van der Waals surface area contributed by atoms with Crippen molar-refractivity contribution in [3.05, 3.63) is 20.8 Å². The van der Waals surface area contributed by atoms with Gasteiger partial charge in [-0.1, -0.05) is 0 Å². The summed E-state index contributed by atoms with van der Waals surface area (Å²) < 4.78 is 12.4. The second kappa shape index (κ2) is 4.01. The molecule has 1 radical (unpaired) electrons. The first-order valence-electron chi connectivity index (χ1n) is 4.10. The summed E-state index contributed by atoms with van der Waals surface area (Å²) in [5.41, 5.74) is 0. The van der Waals surface area contributed by atoms with E-state index in [1.165, 1.54) is 20.6 Å². The predicted octanol–water partition coefficient (Wildman–Crippen LogP) is -1.12. The van der Waals surface area contributed by atoms with Crippen LogP contribution in [0.4, 0.5) is 0 Å². The Labute approximate surface area is 105 Å². The molecule has 0 saturated carbocycles. The molecule has 3 rings (SSSR count). The van der Waals surface area contributed by atoms with Crippen LogP contribution in [0.3, 0.4) is 0 Å². The normalized spacial score (nSPS) is 24.2. The van der Waals surface area contributed by atoms with Gasteiger partial charge in [-0.2, -0.15) is 0 Å². The Morgan fingerprint density at radius 1 is 1.36 bits per heavy atom. The van der Waals surface area contributed by atoms with Crippen molar-refractivity contribution in [3.8, 4) is 0 Å². The van der Waals surface area contributed by atoms with Crippen LogP contribution in [0, 0.1) is 0 Å². The van der Waals surface area contributed by atoms with Gasteiger partial charge in [0.05, 0.1) is 0 Å². The molecular weight excluding hydrogens is 442 g/mol. The SMILES string of the molecule is CCN1C2=N[Se][Se]C2=CC2=C1[N][Se][Se]2. The van der Waals surface area contributed by atoms with E-state index in [2.05, 4.69) is 26.2 Å². The average Bonchev–Trinajstić information content (AvgIpc) is 2.80. The van der Waals surface area contributed by atoms with Crippen LogP contribution in [0.5, 0.6) is 0 Å². The van der Waals surface area contributed by atoms with E-state index in [1.54, 1.807) is 0 Å². The van der Waals surface area contributed by atoms with E-state index >= 15 is 0 Å². The first kappa shape index (κ1) is 10.0. The maximum atomic E-state index is 4.65. The zero-order valence-electron chi connectivity index (χ0n) is 7.26.